The van der Waals surface area contributed by atoms with Gasteiger partial charge in [-0.15, -0.1) is 0 Å². The maximum atomic E-state index is 12.4. The minimum atomic E-state index is -0.0440. The highest BCUT2D eigenvalue weighted by molar-refractivity contribution is 8.00. The second-order valence-electron chi connectivity index (χ2n) is 6.31. The molecular weight excluding hydrogens is 368 g/mol. The largest absolute Gasteiger partial charge is 0.325 e. The molecule has 0 fully saturated rings. The number of hydrogen-bond donors (Lipinski definition) is 1. The first-order valence-corrected chi connectivity index (χ1v) is 10.1. The second-order valence-corrected chi connectivity index (χ2v) is 7.27. The Hall–Kier alpha value is -3.12. The average Bonchev–Trinajstić information content (AvgIpc) is 3.18. The van der Waals surface area contributed by atoms with Gasteiger partial charge in [0.1, 0.15) is 5.03 Å². The topological polar surface area (TPSA) is 59.3 Å². The van der Waals surface area contributed by atoms with E-state index in [1.54, 1.807) is 6.20 Å². The lowest BCUT2D eigenvalue weighted by Gasteiger charge is -2.09. The van der Waals surface area contributed by atoms with Crippen LogP contribution in [-0.2, 0) is 11.2 Å². The third kappa shape index (κ3) is 3.92. The molecule has 140 valence electrons. The van der Waals surface area contributed by atoms with E-state index in [9.17, 15) is 4.79 Å². The van der Waals surface area contributed by atoms with Crippen LogP contribution in [-0.4, -0.2) is 26.3 Å². The average molecular weight is 388 g/mol. The molecule has 0 unspecified atom stereocenters. The molecule has 4 rings (SSSR count). The highest BCUT2D eigenvalue weighted by Gasteiger charge is 2.12. The first-order valence-electron chi connectivity index (χ1n) is 9.15. The Kier molecular flexibility index (Phi) is 5.39. The van der Waals surface area contributed by atoms with Gasteiger partial charge in [-0.2, -0.15) is 5.10 Å². The lowest BCUT2D eigenvalue weighted by molar-refractivity contribution is -0.113. The van der Waals surface area contributed by atoms with E-state index < -0.39 is 0 Å². The molecule has 1 N–H and O–H groups in total. The van der Waals surface area contributed by atoms with Crippen LogP contribution in [0, 0.1) is 0 Å². The fraction of sp³-hybridized carbons (Fsp3) is 0.136. The monoisotopic (exact) mass is 388 g/mol. The molecule has 2 heterocycles. The molecule has 0 radical (unpaired) electrons. The minimum absolute atomic E-state index is 0.0440. The summed E-state index contributed by atoms with van der Waals surface area (Å²) in [6.45, 7) is 2.08. The number of para-hydroxylation sites is 1. The summed E-state index contributed by atoms with van der Waals surface area (Å²) in [5.41, 5.74) is 4.84. The van der Waals surface area contributed by atoms with Crippen LogP contribution in [0.3, 0.4) is 0 Å². The zero-order valence-electron chi connectivity index (χ0n) is 15.5. The van der Waals surface area contributed by atoms with E-state index >= 15 is 0 Å². The maximum Gasteiger partial charge on any atom is 0.234 e. The Morgan fingerprint density at radius 3 is 2.71 bits per heavy atom. The van der Waals surface area contributed by atoms with Crippen molar-refractivity contribution in [3.05, 3.63) is 78.6 Å². The van der Waals surface area contributed by atoms with Crippen molar-refractivity contribution >= 4 is 28.9 Å². The van der Waals surface area contributed by atoms with Gasteiger partial charge >= 0.3 is 0 Å². The molecule has 2 aromatic carbocycles. The summed E-state index contributed by atoms with van der Waals surface area (Å²) in [7, 11) is 0. The zero-order valence-corrected chi connectivity index (χ0v) is 16.3. The molecular formula is C22H20N4OS. The molecule has 0 saturated carbocycles. The van der Waals surface area contributed by atoms with Crippen LogP contribution >= 0.6 is 11.8 Å². The first kappa shape index (κ1) is 18.3. The number of fused-ring (bicyclic) bond motifs is 1. The highest BCUT2D eigenvalue weighted by atomic mass is 32.2. The summed E-state index contributed by atoms with van der Waals surface area (Å²) in [5.74, 6) is 0.244. The molecule has 0 saturated heterocycles. The molecule has 0 aliphatic rings. The van der Waals surface area contributed by atoms with Crippen molar-refractivity contribution in [1.82, 2.24) is 14.6 Å². The molecule has 0 bridgehead atoms. The quantitative estimate of drug-likeness (QED) is 0.487. The molecule has 0 aliphatic carbocycles. The summed E-state index contributed by atoms with van der Waals surface area (Å²) >= 11 is 1.42. The fourth-order valence-corrected chi connectivity index (χ4v) is 3.81. The van der Waals surface area contributed by atoms with Gasteiger partial charge in [0.2, 0.25) is 5.91 Å². The lowest BCUT2D eigenvalue weighted by atomic mass is 10.1. The Balaban J connectivity index is 1.50. The SMILES string of the molecule is CCc1ccccc1NC(=O)CSc1nccn2nc(-c3ccccc3)cc12. The normalized spacial score (nSPS) is 10.9. The number of thioether (sulfide) groups is 1. The Morgan fingerprint density at radius 1 is 1.11 bits per heavy atom. The first-order chi connectivity index (χ1) is 13.7. The molecule has 0 spiro atoms. The summed E-state index contributed by atoms with van der Waals surface area (Å²) in [6.07, 6.45) is 4.41. The van der Waals surface area contributed by atoms with Crippen LogP contribution in [0.15, 0.2) is 78.1 Å². The zero-order chi connectivity index (χ0) is 19.3. The van der Waals surface area contributed by atoms with Gasteiger partial charge < -0.3 is 5.32 Å². The number of aromatic nitrogens is 3. The van der Waals surface area contributed by atoms with Gasteiger partial charge in [0.15, 0.2) is 0 Å². The maximum absolute atomic E-state index is 12.4. The summed E-state index contributed by atoms with van der Waals surface area (Å²) < 4.78 is 1.81. The summed E-state index contributed by atoms with van der Waals surface area (Å²) in [5, 5.41) is 8.41. The number of carbonyl (C=O) groups excluding carboxylic acids is 1. The van der Waals surface area contributed by atoms with Crippen molar-refractivity contribution < 1.29 is 4.79 Å². The molecule has 0 atom stereocenters. The number of anilines is 1. The van der Waals surface area contributed by atoms with E-state index in [1.807, 2.05) is 71.4 Å². The Labute approximate surface area is 167 Å². The van der Waals surface area contributed by atoms with Crippen LogP contribution in [0.25, 0.3) is 16.8 Å². The van der Waals surface area contributed by atoms with Crippen LogP contribution in [0.2, 0.25) is 0 Å². The number of benzene rings is 2. The van der Waals surface area contributed by atoms with Crippen LogP contribution in [0.5, 0.6) is 0 Å². The molecule has 4 aromatic rings. The van der Waals surface area contributed by atoms with Crippen molar-refractivity contribution in [2.45, 2.75) is 18.4 Å². The van der Waals surface area contributed by atoms with E-state index in [-0.39, 0.29) is 11.7 Å². The van der Waals surface area contributed by atoms with E-state index in [2.05, 4.69) is 22.3 Å². The van der Waals surface area contributed by atoms with Gasteiger partial charge in [-0.05, 0) is 24.1 Å². The summed E-state index contributed by atoms with van der Waals surface area (Å²) in [6, 6.07) is 19.9. The predicted molar refractivity (Wildman–Crippen MR) is 114 cm³/mol. The minimum Gasteiger partial charge on any atom is -0.325 e. The third-order valence-corrected chi connectivity index (χ3v) is 5.43. The van der Waals surface area contributed by atoms with Gasteiger partial charge in [-0.1, -0.05) is 67.2 Å². The molecule has 5 nitrogen and oxygen atoms in total. The molecule has 2 aromatic heterocycles. The van der Waals surface area contributed by atoms with E-state index in [0.717, 1.165) is 39.5 Å². The van der Waals surface area contributed by atoms with Crippen molar-refractivity contribution in [3.8, 4) is 11.3 Å². The highest BCUT2D eigenvalue weighted by Crippen LogP contribution is 2.26. The molecule has 1 amide bonds. The van der Waals surface area contributed by atoms with E-state index in [4.69, 9.17) is 0 Å². The number of hydrogen-bond acceptors (Lipinski definition) is 4. The second kappa shape index (κ2) is 8.27. The number of nitrogens with one attached hydrogen (secondary N) is 1. The van der Waals surface area contributed by atoms with Crippen molar-refractivity contribution in [1.29, 1.82) is 0 Å². The lowest BCUT2D eigenvalue weighted by Crippen LogP contribution is -2.15. The third-order valence-electron chi connectivity index (χ3n) is 4.44. The fourth-order valence-electron chi connectivity index (χ4n) is 3.03. The standard InChI is InChI=1S/C22H20N4OS/c1-2-16-8-6-7-11-18(16)24-21(27)15-28-22-20-14-19(17-9-4-3-5-10-17)25-26(20)13-12-23-22/h3-14H,2,15H2,1H3,(H,24,27). The van der Waals surface area contributed by atoms with Gasteiger partial charge in [0.25, 0.3) is 0 Å². The van der Waals surface area contributed by atoms with Crippen LogP contribution < -0.4 is 5.32 Å². The van der Waals surface area contributed by atoms with Crippen LogP contribution in [0.4, 0.5) is 5.69 Å². The van der Waals surface area contributed by atoms with E-state index in [1.165, 1.54) is 11.8 Å². The summed E-state index contributed by atoms with van der Waals surface area (Å²) in [4.78, 5) is 16.9. The van der Waals surface area contributed by atoms with Crippen LogP contribution in [0.1, 0.15) is 12.5 Å². The van der Waals surface area contributed by atoms with E-state index in [0.29, 0.717) is 0 Å². The smallest absolute Gasteiger partial charge is 0.234 e. The molecule has 28 heavy (non-hydrogen) atoms. The number of aryl methyl sites for hydroxylation is 1. The number of amides is 1. The van der Waals surface area contributed by atoms with Gasteiger partial charge in [0.05, 0.1) is 17.0 Å². The van der Waals surface area contributed by atoms with Gasteiger partial charge in [-0.3, -0.25) is 4.79 Å². The Bertz CT molecular complexity index is 1110. The molecule has 0 aliphatic heterocycles. The van der Waals surface area contributed by atoms with Gasteiger partial charge in [-0.25, -0.2) is 9.50 Å². The molecule has 6 heteroatoms. The van der Waals surface area contributed by atoms with Crippen molar-refractivity contribution in [2.75, 3.05) is 11.1 Å². The van der Waals surface area contributed by atoms with Crippen molar-refractivity contribution in [3.63, 3.8) is 0 Å². The predicted octanol–water partition coefficient (Wildman–Crippen LogP) is 4.69. The van der Waals surface area contributed by atoms with Gasteiger partial charge in [0, 0.05) is 23.6 Å². The number of rotatable bonds is 6. The Morgan fingerprint density at radius 2 is 1.89 bits per heavy atom. The number of nitrogens with zero attached hydrogens (tertiary/aromatic N) is 3. The number of carbonyl (C=O) groups is 1. The van der Waals surface area contributed by atoms with Crippen molar-refractivity contribution in [2.24, 2.45) is 0 Å².